The molecule has 3 aromatic rings. The first-order valence-electron chi connectivity index (χ1n) is 9.63. The first-order valence-corrected chi connectivity index (χ1v) is 9.63. The van der Waals surface area contributed by atoms with Crippen LogP contribution in [0.4, 0.5) is 0 Å². The summed E-state index contributed by atoms with van der Waals surface area (Å²) in [6, 6.07) is 8.18. The predicted molar refractivity (Wildman–Crippen MR) is 102 cm³/mol. The summed E-state index contributed by atoms with van der Waals surface area (Å²) in [7, 11) is 0. The van der Waals surface area contributed by atoms with E-state index in [9.17, 15) is 4.79 Å². The van der Waals surface area contributed by atoms with Gasteiger partial charge in [-0.25, -0.2) is 15.0 Å². The average Bonchev–Trinajstić information content (AvgIpc) is 3.24. The molecule has 1 saturated heterocycles. The highest BCUT2D eigenvalue weighted by Gasteiger charge is 2.20. The third-order valence-corrected chi connectivity index (χ3v) is 5.30. The number of Topliss-reactive ketones (excluding diaryl/α,β-unsaturated/α-hetero) is 1. The highest BCUT2D eigenvalue weighted by Crippen LogP contribution is 2.24. The summed E-state index contributed by atoms with van der Waals surface area (Å²) >= 11 is 0. The fourth-order valence-corrected chi connectivity index (χ4v) is 3.76. The second-order valence-corrected chi connectivity index (χ2v) is 7.22. The third kappa shape index (κ3) is 4.57. The van der Waals surface area contributed by atoms with Gasteiger partial charge in [0, 0.05) is 24.5 Å². The van der Waals surface area contributed by atoms with Gasteiger partial charge in [-0.05, 0) is 69.0 Å². The molecule has 0 saturated carbocycles. The molecule has 0 unspecified atom stereocenters. The van der Waals surface area contributed by atoms with Crippen molar-refractivity contribution in [3.05, 3.63) is 54.5 Å². The second kappa shape index (κ2) is 8.39. The van der Waals surface area contributed by atoms with Crippen LogP contribution in [-0.2, 0) is 6.54 Å². The third-order valence-electron chi connectivity index (χ3n) is 5.30. The van der Waals surface area contributed by atoms with E-state index in [-0.39, 0.29) is 11.7 Å². The van der Waals surface area contributed by atoms with Crippen LogP contribution < -0.4 is 0 Å². The number of aromatic nitrogens is 3. The van der Waals surface area contributed by atoms with E-state index in [1.165, 1.54) is 25.3 Å². The summed E-state index contributed by atoms with van der Waals surface area (Å²) < 4.78 is 5.06. The van der Waals surface area contributed by atoms with E-state index >= 15 is 0 Å². The standard InChI is InChI=1S/C21H24N4O2/c26-19(21-23-11-14-27-21)5-1-3-16-8-12-25(13-9-16)15-18-7-6-17-4-2-10-22-20(17)24-18/h2,4,6-7,10-11,14,16H,1,3,5,8-9,12-13,15H2. The van der Waals surface area contributed by atoms with Gasteiger partial charge >= 0.3 is 0 Å². The van der Waals surface area contributed by atoms with Gasteiger partial charge in [-0.1, -0.05) is 0 Å². The van der Waals surface area contributed by atoms with Gasteiger partial charge in [-0.3, -0.25) is 9.69 Å². The summed E-state index contributed by atoms with van der Waals surface area (Å²) in [5.41, 5.74) is 1.90. The number of hydrogen-bond acceptors (Lipinski definition) is 6. The highest BCUT2D eigenvalue weighted by molar-refractivity contribution is 5.91. The smallest absolute Gasteiger partial charge is 0.263 e. The fourth-order valence-electron chi connectivity index (χ4n) is 3.76. The zero-order chi connectivity index (χ0) is 18.5. The van der Waals surface area contributed by atoms with Crippen LogP contribution in [0.3, 0.4) is 0 Å². The summed E-state index contributed by atoms with van der Waals surface area (Å²) in [6.07, 6.45) is 9.64. The van der Waals surface area contributed by atoms with E-state index in [1.807, 2.05) is 12.1 Å². The van der Waals surface area contributed by atoms with Crippen molar-refractivity contribution < 1.29 is 9.21 Å². The number of carbonyl (C=O) groups is 1. The van der Waals surface area contributed by atoms with E-state index in [1.54, 1.807) is 6.20 Å². The number of nitrogens with zero attached hydrogens (tertiary/aromatic N) is 4. The normalized spacial score (nSPS) is 16.0. The summed E-state index contributed by atoms with van der Waals surface area (Å²) in [4.78, 5) is 27.3. The van der Waals surface area contributed by atoms with Gasteiger partial charge in [0.05, 0.1) is 11.9 Å². The SMILES string of the molecule is O=C(CCCC1CCN(Cc2ccc3cccnc3n2)CC1)c1ncco1. The van der Waals surface area contributed by atoms with Crippen LogP contribution in [0.25, 0.3) is 11.0 Å². The van der Waals surface area contributed by atoms with Crippen molar-refractivity contribution in [2.45, 2.75) is 38.6 Å². The lowest BCUT2D eigenvalue weighted by Gasteiger charge is -2.31. The van der Waals surface area contributed by atoms with Crippen LogP contribution in [0, 0.1) is 5.92 Å². The Labute approximate surface area is 158 Å². The van der Waals surface area contributed by atoms with Crippen LogP contribution in [0.2, 0.25) is 0 Å². The monoisotopic (exact) mass is 364 g/mol. The molecule has 0 N–H and O–H groups in total. The first-order chi connectivity index (χ1) is 13.3. The first kappa shape index (κ1) is 17.8. The van der Waals surface area contributed by atoms with Crippen molar-refractivity contribution in [2.24, 2.45) is 5.92 Å². The van der Waals surface area contributed by atoms with Gasteiger partial charge in [0.25, 0.3) is 5.89 Å². The molecule has 0 radical (unpaired) electrons. The number of fused-ring (bicyclic) bond motifs is 1. The Morgan fingerprint density at radius 1 is 1.15 bits per heavy atom. The Balaban J connectivity index is 1.21. The average molecular weight is 364 g/mol. The van der Waals surface area contributed by atoms with E-state index in [4.69, 9.17) is 4.42 Å². The molecule has 0 aromatic carbocycles. The Bertz CT molecular complexity index is 886. The number of piperidine rings is 1. The number of carbonyl (C=O) groups excluding carboxylic acids is 1. The lowest BCUT2D eigenvalue weighted by atomic mass is 9.91. The predicted octanol–water partition coefficient (Wildman–Crippen LogP) is 3.88. The maximum absolute atomic E-state index is 11.9. The lowest BCUT2D eigenvalue weighted by Crippen LogP contribution is -2.33. The van der Waals surface area contributed by atoms with E-state index in [2.05, 4.69) is 32.0 Å². The number of likely N-dealkylation sites (tertiary alicyclic amines) is 1. The van der Waals surface area contributed by atoms with Gasteiger partial charge in [0.2, 0.25) is 5.78 Å². The van der Waals surface area contributed by atoms with E-state index < -0.39 is 0 Å². The van der Waals surface area contributed by atoms with Crippen molar-refractivity contribution in [1.82, 2.24) is 19.9 Å². The molecule has 3 aromatic heterocycles. The molecule has 1 fully saturated rings. The van der Waals surface area contributed by atoms with Crippen LogP contribution >= 0.6 is 0 Å². The molecule has 6 nitrogen and oxygen atoms in total. The fraction of sp³-hybridized carbons (Fsp3) is 0.429. The molecule has 0 atom stereocenters. The largest absolute Gasteiger partial charge is 0.442 e. The summed E-state index contributed by atoms with van der Waals surface area (Å²) in [5, 5.41) is 1.08. The van der Waals surface area contributed by atoms with Gasteiger partial charge in [-0.15, -0.1) is 0 Å². The molecule has 6 heteroatoms. The minimum absolute atomic E-state index is 0.00780. The topological polar surface area (TPSA) is 72.1 Å². The molecule has 0 spiro atoms. The number of oxazole rings is 1. The Kier molecular flexibility index (Phi) is 5.53. The minimum Gasteiger partial charge on any atom is -0.442 e. The molecule has 4 rings (SSSR count). The quantitative estimate of drug-likeness (QED) is 0.592. The van der Waals surface area contributed by atoms with Crippen LogP contribution in [0.5, 0.6) is 0 Å². The van der Waals surface area contributed by atoms with Crippen molar-refractivity contribution in [3.63, 3.8) is 0 Å². The van der Waals surface area contributed by atoms with E-state index in [0.717, 1.165) is 49.2 Å². The second-order valence-electron chi connectivity index (χ2n) is 7.22. The van der Waals surface area contributed by atoms with Crippen molar-refractivity contribution >= 4 is 16.8 Å². The molecule has 0 bridgehead atoms. The number of ketones is 1. The van der Waals surface area contributed by atoms with Gasteiger partial charge in [0.15, 0.2) is 5.65 Å². The summed E-state index contributed by atoms with van der Waals surface area (Å²) in [6.45, 7) is 3.04. The van der Waals surface area contributed by atoms with Gasteiger partial charge < -0.3 is 4.42 Å². The van der Waals surface area contributed by atoms with Gasteiger partial charge in [0.1, 0.15) is 6.26 Å². The van der Waals surface area contributed by atoms with E-state index in [0.29, 0.717) is 12.3 Å². The lowest BCUT2D eigenvalue weighted by molar-refractivity contribution is 0.0940. The Hall–Kier alpha value is -2.60. The molecule has 0 amide bonds. The molecule has 140 valence electrons. The number of pyridine rings is 2. The van der Waals surface area contributed by atoms with Gasteiger partial charge in [-0.2, -0.15) is 0 Å². The molecule has 0 aliphatic carbocycles. The van der Waals surface area contributed by atoms with Crippen LogP contribution in [-0.4, -0.2) is 38.7 Å². The molecular weight excluding hydrogens is 340 g/mol. The number of hydrogen-bond donors (Lipinski definition) is 0. The Morgan fingerprint density at radius 3 is 2.85 bits per heavy atom. The number of rotatable bonds is 7. The van der Waals surface area contributed by atoms with Crippen molar-refractivity contribution in [1.29, 1.82) is 0 Å². The van der Waals surface area contributed by atoms with Crippen molar-refractivity contribution in [2.75, 3.05) is 13.1 Å². The zero-order valence-corrected chi connectivity index (χ0v) is 15.4. The summed E-state index contributed by atoms with van der Waals surface area (Å²) in [5.74, 6) is 0.945. The molecule has 27 heavy (non-hydrogen) atoms. The van der Waals surface area contributed by atoms with Crippen LogP contribution in [0.15, 0.2) is 47.3 Å². The Morgan fingerprint density at radius 2 is 2.04 bits per heavy atom. The molecule has 1 aliphatic rings. The highest BCUT2D eigenvalue weighted by atomic mass is 16.3. The van der Waals surface area contributed by atoms with Crippen molar-refractivity contribution in [3.8, 4) is 0 Å². The minimum atomic E-state index is 0.00780. The molecule has 4 heterocycles. The molecular formula is C21H24N4O2. The maximum atomic E-state index is 11.9. The maximum Gasteiger partial charge on any atom is 0.263 e. The van der Waals surface area contributed by atoms with Crippen LogP contribution in [0.1, 0.15) is 48.5 Å². The zero-order valence-electron chi connectivity index (χ0n) is 15.4. The molecule has 1 aliphatic heterocycles.